The van der Waals surface area contributed by atoms with E-state index in [0.717, 1.165) is 28.4 Å². The number of methoxy groups -OCH3 is 1. The average molecular weight is 357 g/mol. The standard InChI is InChI=1S/C20H23NO3S/c1-3-24-18-7-5-4-6-17(18)20-21(19(22)12-13-25-20)14-15-8-10-16(23-2)11-9-15/h4-11,20H,3,12-14H2,1-2H3. The lowest BCUT2D eigenvalue weighted by atomic mass is 10.1. The number of thioether (sulfide) groups is 1. The Labute approximate surface area is 153 Å². The van der Waals surface area contributed by atoms with Crippen LogP contribution in [0.4, 0.5) is 0 Å². The first-order valence-corrected chi connectivity index (χ1v) is 9.53. The summed E-state index contributed by atoms with van der Waals surface area (Å²) < 4.78 is 11.0. The lowest BCUT2D eigenvalue weighted by molar-refractivity contribution is -0.132. The quantitative estimate of drug-likeness (QED) is 0.774. The number of rotatable bonds is 6. The predicted octanol–water partition coefficient (Wildman–Crippen LogP) is 4.26. The lowest BCUT2D eigenvalue weighted by Crippen LogP contribution is -2.36. The van der Waals surface area contributed by atoms with E-state index >= 15 is 0 Å². The van der Waals surface area contributed by atoms with Gasteiger partial charge in [0.2, 0.25) is 5.91 Å². The number of hydrogen-bond acceptors (Lipinski definition) is 4. The SMILES string of the molecule is CCOc1ccccc1C1SCCC(=O)N1Cc1ccc(OC)cc1. The van der Waals surface area contributed by atoms with Crippen LogP contribution in [0.2, 0.25) is 0 Å². The molecule has 3 rings (SSSR count). The minimum atomic E-state index is -0.0221. The van der Waals surface area contributed by atoms with Crippen LogP contribution < -0.4 is 9.47 Å². The van der Waals surface area contributed by atoms with Crippen LogP contribution in [0.15, 0.2) is 48.5 Å². The molecule has 25 heavy (non-hydrogen) atoms. The highest BCUT2D eigenvalue weighted by atomic mass is 32.2. The summed E-state index contributed by atoms with van der Waals surface area (Å²) in [5, 5.41) is -0.0221. The molecule has 2 aromatic carbocycles. The van der Waals surface area contributed by atoms with E-state index in [1.807, 2.05) is 54.3 Å². The molecule has 1 amide bonds. The molecule has 0 N–H and O–H groups in total. The molecule has 0 radical (unpaired) electrons. The molecule has 1 heterocycles. The van der Waals surface area contributed by atoms with Gasteiger partial charge in [0.15, 0.2) is 0 Å². The molecule has 0 bridgehead atoms. The fraction of sp³-hybridized carbons (Fsp3) is 0.350. The number of benzene rings is 2. The van der Waals surface area contributed by atoms with Crippen molar-refractivity contribution in [2.24, 2.45) is 0 Å². The van der Waals surface area contributed by atoms with Crippen LogP contribution in [-0.4, -0.2) is 30.3 Å². The second-order valence-electron chi connectivity index (χ2n) is 5.81. The molecule has 1 aliphatic rings. The van der Waals surface area contributed by atoms with Gasteiger partial charge in [-0.3, -0.25) is 4.79 Å². The topological polar surface area (TPSA) is 38.8 Å². The Hall–Kier alpha value is -2.14. The minimum Gasteiger partial charge on any atom is -0.497 e. The van der Waals surface area contributed by atoms with Crippen molar-refractivity contribution in [1.29, 1.82) is 0 Å². The van der Waals surface area contributed by atoms with Crippen LogP contribution in [-0.2, 0) is 11.3 Å². The van der Waals surface area contributed by atoms with E-state index in [1.54, 1.807) is 18.9 Å². The van der Waals surface area contributed by atoms with E-state index in [9.17, 15) is 4.79 Å². The van der Waals surface area contributed by atoms with Crippen molar-refractivity contribution in [3.63, 3.8) is 0 Å². The highest BCUT2D eigenvalue weighted by Crippen LogP contribution is 2.42. The molecule has 4 nitrogen and oxygen atoms in total. The molecule has 1 fully saturated rings. The lowest BCUT2D eigenvalue weighted by Gasteiger charge is -2.36. The first kappa shape index (κ1) is 17.7. The molecule has 1 unspecified atom stereocenters. The Morgan fingerprint density at radius 3 is 2.64 bits per heavy atom. The Morgan fingerprint density at radius 1 is 1.16 bits per heavy atom. The molecule has 1 atom stereocenters. The largest absolute Gasteiger partial charge is 0.497 e. The second-order valence-corrected chi connectivity index (χ2v) is 7.00. The third-order valence-electron chi connectivity index (χ3n) is 4.19. The van der Waals surface area contributed by atoms with E-state index in [0.29, 0.717) is 19.6 Å². The van der Waals surface area contributed by atoms with Gasteiger partial charge in [-0.05, 0) is 30.7 Å². The number of carbonyl (C=O) groups is 1. The summed E-state index contributed by atoms with van der Waals surface area (Å²) in [4.78, 5) is 14.6. The summed E-state index contributed by atoms with van der Waals surface area (Å²) in [5.41, 5.74) is 2.16. The molecule has 0 spiro atoms. The number of para-hydroxylation sites is 1. The van der Waals surface area contributed by atoms with Crippen LogP contribution in [0.3, 0.4) is 0 Å². The van der Waals surface area contributed by atoms with Gasteiger partial charge in [0.05, 0.1) is 13.7 Å². The van der Waals surface area contributed by atoms with Gasteiger partial charge in [-0.2, -0.15) is 0 Å². The Morgan fingerprint density at radius 2 is 1.92 bits per heavy atom. The molecule has 2 aromatic rings. The van der Waals surface area contributed by atoms with Crippen molar-refractivity contribution in [1.82, 2.24) is 4.90 Å². The average Bonchev–Trinajstić information content (AvgIpc) is 2.65. The molecule has 0 saturated carbocycles. The third kappa shape index (κ3) is 4.10. The van der Waals surface area contributed by atoms with E-state index in [4.69, 9.17) is 9.47 Å². The van der Waals surface area contributed by atoms with Gasteiger partial charge in [-0.1, -0.05) is 30.3 Å². The van der Waals surface area contributed by atoms with Crippen LogP contribution in [0.25, 0.3) is 0 Å². The summed E-state index contributed by atoms with van der Waals surface area (Å²) in [6.45, 7) is 3.17. The van der Waals surface area contributed by atoms with Crippen LogP contribution in [0, 0.1) is 0 Å². The highest BCUT2D eigenvalue weighted by molar-refractivity contribution is 7.99. The summed E-state index contributed by atoms with van der Waals surface area (Å²) >= 11 is 1.80. The van der Waals surface area contributed by atoms with Gasteiger partial charge in [0.25, 0.3) is 0 Å². The molecule has 1 saturated heterocycles. The normalized spacial score (nSPS) is 17.4. The van der Waals surface area contributed by atoms with Crippen molar-refractivity contribution in [2.45, 2.75) is 25.3 Å². The summed E-state index contributed by atoms with van der Waals surface area (Å²) in [6, 6.07) is 15.9. The summed E-state index contributed by atoms with van der Waals surface area (Å²) in [7, 11) is 1.65. The number of nitrogens with zero attached hydrogens (tertiary/aromatic N) is 1. The summed E-state index contributed by atoms with van der Waals surface area (Å²) in [5.74, 6) is 2.70. The minimum absolute atomic E-state index is 0.0221. The monoisotopic (exact) mass is 357 g/mol. The Bertz CT molecular complexity index is 717. The number of ether oxygens (including phenoxy) is 2. The van der Waals surface area contributed by atoms with Gasteiger partial charge < -0.3 is 14.4 Å². The van der Waals surface area contributed by atoms with Gasteiger partial charge in [-0.15, -0.1) is 11.8 Å². The first-order chi connectivity index (χ1) is 12.2. The van der Waals surface area contributed by atoms with E-state index < -0.39 is 0 Å². The van der Waals surface area contributed by atoms with Gasteiger partial charge >= 0.3 is 0 Å². The van der Waals surface area contributed by atoms with Crippen molar-refractivity contribution in [3.8, 4) is 11.5 Å². The van der Waals surface area contributed by atoms with Crippen LogP contribution in [0.1, 0.15) is 29.8 Å². The van der Waals surface area contributed by atoms with E-state index in [1.165, 1.54) is 0 Å². The fourth-order valence-electron chi connectivity index (χ4n) is 2.95. The maximum atomic E-state index is 12.6. The Balaban J connectivity index is 1.87. The predicted molar refractivity (Wildman–Crippen MR) is 101 cm³/mol. The van der Waals surface area contributed by atoms with Gasteiger partial charge in [-0.25, -0.2) is 0 Å². The molecular formula is C20H23NO3S. The molecule has 132 valence electrons. The van der Waals surface area contributed by atoms with Crippen molar-refractivity contribution in [2.75, 3.05) is 19.5 Å². The van der Waals surface area contributed by atoms with Crippen LogP contribution in [0.5, 0.6) is 11.5 Å². The number of carbonyl (C=O) groups excluding carboxylic acids is 1. The molecule has 5 heteroatoms. The number of amides is 1. The highest BCUT2D eigenvalue weighted by Gasteiger charge is 2.31. The zero-order valence-electron chi connectivity index (χ0n) is 14.6. The Kier molecular flexibility index (Phi) is 5.87. The molecule has 0 aliphatic carbocycles. The van der Waals surface area contributed by atoms with Crippen molar-refractivity contribution in [3.05, 3.63) is 59.7 Å². The van der Waals surface area contributed by atoms with Gasteiger partial charge in [0, 0.05) is 24.3 Å². The van der Waals surface area contributed by atoms with Crippen molar-refractivity contribution < 1.29 is 14.3 Å². The van der Waals surface area contributed by atoms with Gasteiger partial charge in [0.1, 0.15) is 16.9 Å². The smallest absolute Gasteiger partial charge is 0.224 e. The second kappa shape index (κ2) is 8.30. The first-order valence-electron chi connectivity index (χ1n) is 8.48. The fourth-order valence-corrected chi connectivity index (χ4v) is 4.21. The maximum Gasteiger partial charge on any atom is 0.224 e. The number of hydrogen-bond donors (Lipinski definition) is 0. The molecular weight excluding hydrogens is 334 g/mol. The van der Waals surface area contributed by atoms with Crippen molar-refractivity contribution >= 4 is 17.7 Å². The van der Waals surface area contributed by atoms with E-state index in [-0.39, 0.29) is 11.3 Å². The molecule has 1 aliphatic heterocycles. The van der Waals surface area contributed by atoms with Crippen LogP contribution >= 0.6 is 11.8 Å². The third-order valence-corrected chi connectivity index (χ3v) is 5.46. The summed E-state index contributed by atoms with van der Waals surface area (Å²) in [6.07, 6.45) is 0.578. The molecule has 0 aromatic heterocycles. The maximum absolute atomic E-state index is 12.6. The van der Waals surface area contributed by atoms with E-state index in [2.05, 4.69) is 6.07 Å². The zero-order chi connectivity index (χ0) is 17.6. The zero-order valence-corrected chi connectivity index (χ0v) is 15.4.